The van der Waals surface area contributed by atoms with Gasteiger partial charge in [0.1, 0.15) is 5.69 Å². The van der Waals surface area contributed by atoms with Crippen LogP contribution in [0.4, 0.5) is 0 Å². The van der Waals surface area contributed by atoms with Crippen LogP contribution in [-0.4, -0.2) is 57.8 Å². The molecule has 0 saturated carbocycles. The monoisotopic (exact) mass is 386 g/mol. The average Bonchev–Trinajstić information content (AvgIpc) is 3.21. The Kier molecular flexibility index (Phi) is 6.21. The minimum Gasteiger partial charge on any atom is -0.341 e. The number of carbonyl (C=O) groups is 2. The van der Waals surface area contributed by atoms with Gasteiger partial charge in [-0.15, -0.1) is 11.3 Å². The van der Waals surface area contributed by atoms with Crippen molar-refractivity contribution in [2.24, 2.45) is 0 Å². The predicted molar refractivity (Wildman–Crippen MR) is 106 cm³/mol. The fourth-order valence-electron chi connectivity index (χ4n) is 3.33. The predicted octanol–water partition coefficient (Wildman–Crippen LogP) is 2.85. The summed E-state index contributed by atoms with van der Waals surface area (Å²) in [4.78, 5) is 37.6. The number of piperidine rings is 1. The Morgan fingerprint density at radius 3 is 2.81 bits per heavy atom. The van der Waals surface area contributed by atoms with Gasteiger partial charge in [0.15, 0.2) is 0 Å². The Bertz CT molecular complexity index is 806. The lowest BCUT2D eigenvalue weighted by molar-refractivity contribution is -0.132. The van der Waals surface area contributed by atoms with Crippen molar-refractivity contribution in [1.82, 2.24) is 19.8 Å². The highest BCUT2D eigenvalue weighted by Crippen LogP contribution is 2.19. The van der Waals surface area contributed by atoms with Gasteiger partial charge in [0.25, 0.3) is 5.91 Å². The van der Waals surface area contributed by atoms with E-state index in [2.05, 4.69) is 9.97 Å². The van der Waals surface area contributed by atoms with Crippen LogP contribution in [0.5, 0.6) is 0 Å². The second kappa shape index (κ2) is 8.61. The van der Waals surface area contributed by atoms with Crippen molar-refractivity contribution in [3.05, 3.63) is 45.7 Å². The van der Waals surface area contributed by atoms with Gasteiger partial charge in [-0.25, -0.2) is 4.98 Å². The molecule has 6 nitrogen and oxygen atoms in total. The van der Waals surface area contributed by atoms with Gasteiger partial charge in [0.2, 0.25) is 5.91 Å². The summed E-state index contributed by atoms with van der Waals surface area (Å²) in [6.45, 7) is 5.25. The first kappa shape index (κ1) is 19.5. The number of nitrogens with zero attached hydrogens (tertiary/aromatic N) is 4. The molecule has 2 aromatic rings. The van der Waals surface area contributed by atoms with E-state index in [1.165, 1.54) is 0 Å². The first-order chi connectivity index (χ1) is 13.0. The van der Waals surface area contributed by atoms with E-state index in [-0.39, 0.29) is 17.9 Å². The summed E-state index contributed by atoms with van der Waals surface area (Å²) < 4.78 is 0. The fourth-order valence-corrected chi connectivity index (χ4v) is 3.95. The fraction of sp³-hybridized carbons (Fsp3) is 0.500. The van der Waals surface area contributed by atoms with Crippen LogP contribution in [0.3, 0.4) is 0 Å². The molecular weight excluding hydrogens is 360 g/mol. The summed E-state index contributed by atoms with van der Waals surface area (Å²) in [7, 11) is 1.84. The van der Waals surface area contributed by atoms with Gasteiger partial charge >= 0.3 is 0 Å². The summed E-state index contributed by atoms with van der Waals surface area (Å²) in [5.74, 6) is 0.0558. The molecule has 0 aliphatic carbocycles. The number of likely N-dealkylation sites (N-methyl/N-ethyl adjacent to an activating group) is 1. The molecule has 0 N–H and O–H groups in total. The molecular formula is C20H26N4O2S. The highest BCUT2D eigenvalue weighted by molar-refractivity contribution is 7.09. The smallest absolute Gasteiger partial charge is 0.272 e. The van der Waals surface area contributed by atoms with Gasteiger partial charge in [-0.1, -0.05) is 0 Å². The molecule has 1 fully saturated rings. The zero-order valence-electron chi connectivity index (χ0n) is 16.1. The summed E-state index contributed by atoms with van der Waals surface area (Å²) in [5, 5.41) is 2.91. The van der Waals surface area contributed by atoms with Crippen molar-refractivity contribution in [2.75, 3.05) is 20.1 Å². The summed E-state index contributed by atoms with van der Waals surface area (Å²) in [6, 6.07) is 1.91. The Hall–Kier alpha value is -2.28. The molecule has 0 bridgehead atoms. The van der Waals surface area contributed by atoms with Crippen LogP contribution < -0.4 is 0 Å². The maximum Gasteiger partial charge on any atom is 0.272 e. The third-order valence-corrected chi connectivity index (χ3v) is 6.09. The molecule has 0 radical (unpaired) electrons. The van der Waals surface area contributed by atoms with Crippen LogP contribution in [0.15, 0.2) is 23.8 Å². The third kappa shape index (κ3) is 4.71. The van der Waals surface area contributed by atoms with Crippen molar-refractivity contribution < 1.29 is 9.59 Å². The number of thiazole rings is 1. The number of hydrogen-bond donors (Lipinski definition) is 0. The highest BCUT2D eigenvalue weighted by Gasteiger charge is 2.29. The molecule has 0 aromatic carbocycles. The quantitative estimate of drug-likeness (QED) is 0.792. The zero-order valence-corrected chi connectivity index (χ0v) is 17.0. The number of aromatic nitrogens is 2. The zero-order chi connectivity index (χ0) is 19.4. The average molecular weight is 387 g/mol. The first-order valence-corrected chi connectivity index (χ1v) is 10.2. The van der Waals surface area contributed by atoms with Crippen molar-refractivity contribution in [3.63, 3.8) is 0 Å². The molecule has 2 aromatic heterocycles. The minimum atomic E-state index is -0.0496. The highest BCUT2D eigenvalue weighted by atomic mass is 32.1. The van der Waals surface area contributed by atoms with Crippen molar-refractivity contribution in [2.45, 2.75) is 45.6 Å². The van der Waals surface area contributed by atoms with Crippen LogP contribution in [-0.2, 0) is 11.2 Å². The maximum absolute atomic E-state index is 12.8. The standard InChI is InChI=1S/C20H26N4O2S/c1-14-11-17(22-12-15(14)2)20(26)24-9-4-5-16(13-24)23(3)19(25)7-6-18-21-8-10-27-18/h8,10-12,16H,4-7,9,13H2,1-3H3. The lowest BCUT2D eigenvalue weighted by Gasteiger charge is -2.37. The van der Waals surface area contributed by atoms with Crippen LogP contribution >= 0.6 is 11.3 Å². The Morgan fingerprint density at radius 2 is 2.11 bits per heavy atom. The molecule has 1 aliphatic rings. The topological polar surface area (TPSA) is 66.4 Å². The molecule has 1 aliphatic heterocycles. The van der Waals surface area contributed by atoms with E-state index in [0.717, 1.165) is 29.0 Å². The van der Waals surface area contributed by atoms with E-state index < -0.39 is 0 Å². The van der Waals surface area contributed by atoms with Crippen molar-refractivity contribution in [1.29, 1.82) is 0 Å². The maximum atomic E-state index is 12.8. The van der Waals surface area contributed by atoms with Gasteiger partial charge in [0, 0.05) is 56.8 Å². The molecule has 27 heavy (non-hydrogen) atoms. The van der Waals surface area contributed by atoms with E-state index in [9.17, 15) is 9.59 Å². The van der Waals surface area contributed by atoms with Crippen LogP contribution in [0.2, 0.25) is 0 Å². The number of likely N-dealkylation sites (tertiary alicyclic amines) is 1. The Balaban J connectivity index is 1.59. The summed E-state index contributed by atoms with van der Waals surface area (Å²) >= 11 is 1.57. The molecule has 3 heterocycles. The number of rotatable bonds is 5. The van der Waals surface area contributed by atoms with Crippen LogP contribution in [0.25, 0.3) is 0 Å². The van der Waals surface area contributed by atoms with E-state index in [1.807, 2.05) is 37.2 Å². The molecule has 3 rings (SSSR count). The van der Waals surface area contributed by atoms with Gasteiger partial charge in [0.05, 0.1) is 5.01 Å². The molecule has 1 saturated heterocycles. The SMILES string of the molecule is Cc1cnc(C(=O)N2CCCC(N(C)C(=O)CCc3nccs3)C2)cc1C. The van der Waals surface area contributed by atoms with E-state index >= 15 is 0 Å². The van der Waals surface area contributed by atoms with Gasteiger partial charge in [-0.3, -0.25) is 14.6 Å². The first-order valence-electron chi connectivity index (χ1n) is 9.32. The summed E-state index contributed by atoms with van der Waals surface area (Å²) in [6.07, 6.45) is 6.45. The molecule has 0 spiro atoms. The second-order valence-electron chi connectivity index (χ2n) is 7.13. The van der Waals surface area contributed by atoms with Crippen LogP contribution in [0.1, 0.15) is 45.9 Å². The lowest BCUT2D eigenvalue weighted by Crippen LogP contribution is -2.50. The van der Waals surface area contributed by atoms with Gasteiger partial charge < -0.3 is 9.80 Å². The number of hydrogen-bond acceptors (Lipinski definition) is 5. The van der Waals surface area contributed by atoms with Crippen molar-refractivity contribution >= 4 is 23.2 Å². The molecule has 7 heteroatoms. The Morgan fingerprint density at radius 1 is 1.30 bits per heavy atom. The lowest BCUT2D eigenvalue weighted by atomic mass is 10.0. The molecule has 144 valence electrons. The summed E-state index contributed by atoms with van der Waals surface area (Å²) in [5.41, 5.74) is 2.63. The largest absolute Gasteiger partial charge is 0.341 e. The number of pyridine rings is 1. The number of carbonyl (C=O) groups excluding carboxylic acids is 2. The Labute approximate surface area is 164 Å². The molecule has 1 atom stereocenters. The molecule has 2 amide bonds. The van der Waals surface area contributed by atoms with Gasteiger partial charge in [-0.05, 0) is 43.9 Å². The van der Waals surface area contributed by atoms with Crippen molar-refractivity contribution in [3.8, 4) is 0 Å². The second-order valence-corrected chi connectivity index (χ2v) is 8.11. The van der Waals surface area contributed by atoms with Gasteiger partial charge in [-0.2, -0.15) is 0 Å². The van der Waals surface area contributed by atoms with E-state index in [0.29, 0.717) is 31.6 Å². The number of aryl methyl sites for hydroxylation is 3. The number of amides is 2. The van der Waals surface area contributed by atoms with E-state index in [4.69, 9.17) is 0 Å². The minimum absolute atomic E-state index is 0.0496. The normalized spacial score (nSPS) is 17.0. The van der Waals surface area contributed by atoms with E-state index in [1.54, 1.807) is 28.6 Å². The third-order valence-electron chi connectivity index (χ3n) is 5.25. The molecule has 1 unspecified atom stereocenters. The van der Waals surface area contributed by atoms with Crippen LogP contribution in [0, 0.1) is 13.8 Å².